The Hall–Kier alpha value is -3.39. The molecule has 0 bridgehead atoms. The number of carbonyl (C=O) groups excluding carboxylic acids is 1. The molecule has 33 heavy (non-hydrogen) atoms. The summed E-state index contributed by atoms with van der Waals surface area (Å²) in [5, 5.41) is 9.81. The lowest BCUT2D eigenvalue weighted by molar-refractivity contribution is 0.102. The zero-order chi connectivity index (χ0) is 23.2. The van der Waals surface area contributed by atoms with E-state index in [2.05, 4.69) is 41.2 Å². The maximum Gasteiger partial charge on any atom is 0.261 e. The summed E-state index contributed by atoms with van der Waals surface area (Å²) in [5.74, 6) is -0.724. The molecular formula is C25H24FN5OS. The number of carbonyl (C=O) groups is 1. The Balaban J connectivity index is 1.45. The third kappa shape index (κ3) is 4.06. The van der Waals surface area contributed by atoms with Crippen molar-refractivity contribution in [1.29, 1.82) is 0 Å². The van der Waals surface area contributed by atoms with Gasteiger partial charge in [-0.05, 0) is 48.1 Å². The van der Waals surface area contributed by atoms with Gasteiger partial charge in [-0.2, -0.15) is 5.10 Å². The largest absolute Gasteiger partial charge is 0.298 e. The minimum absolute atomic E-state index is 0.00328. The van der Waals surface area contributed by atoms with E-state index in [1.807, 2.05) is 22.2 Å². The lowest BCUT2D eigenvalue weighted by Gasteiger charge is -2.18. The van der Waals surface area contributed by atoms with E-state index in [4.69, 9.17) is 0 Å². The van der Waals surface area contributed by atoms with E-state index in [0.717, 1.165) is 36.3 Å². The van der Waals surface area contributed by atoms with Crippen LogP contribution in [0.4, 0.5) is 9.52 Å². The molecule has 8 heteroatoms. The predicted octanol–water partition coefficient (Wildman–Crippen LogP) is 5.70. The normalized spacial score (nSPS) is 13.2. The van der Waals surface area contributed by atoms with Crippen molar-refractivity contribution in [1.82, 2.24) is 19.7 Å². The fourth-order valence-electron chi connectivity index (χ4n) is 4.06. The standard InChI is InChI=1S/C25H24FN5OS/c1-25(2,3)15-10-11-27-18(13-15)19-14-33-24(28-19)29-23(32)21-20-9-6-12-31(20)30-22(21)16-7-4-5-8-17(16)26/h4-5,7-8,10-11,13-14H,6,9,12H2,1-3H3,(H,28,29,32). The van der Waals surface area contributed by atoms with Gasteiger partial charge in [0.25, 0.3) is 5.91 Å². The molecule has 0 fully saturated rings. The smallest absolute Gasteiger partial charge is 0.261 e. The monoisotopic (exact) mass is 461 g/mol. The molecule has 0 radical (unpaired) electrons. The maximum atomic E-state index is 14.5. The highest BCUT2D eigenvalue weighted by Crippen LogP contribution is 2.33. The molecule has 3 aromatic heterocycles. The average molecular weight is 462 g/mol. The van der Waals surface area contributed by atoms with Crippen LogP contribution < -0.4 is 5.32 Å². The Labute approximate surface area is 195 Å². The SMILES string of the molecule is CC(C)(C)c1ccnc(-c2csc(NC(=O)c3c(-c4ccccc4F)nn4c3CCC4)n2)c1. The number of pyridine rings is 1. The molecule has 0 spiro atoms. The molecule has 0 saturated carbocycles. The number of rotatable bonds is 4. The molecular weight excluding hydrogens is 437 g/mol. The molecule has 0 atom stereocenters. The van der Waals surface area contributed by atoms with Gasteiger partial charge in [0.1, 0.15) is 17.2 Å². The van der Waals surface area contributed by atoms with Gasteiger partial charge in [-0.15, -0.1) is 11.3 Å². The second-order valence-electron chi connectivity index (χ2n) is 9.15. The molecule has 1 aliphatic rings. The Kier molecular flexibility index (Phi) is 5.32. The molecule has 0 unspecified atom stereocenters. The Morgan fingerprint density at radius 1 is 1.18 bits per heavy atom. The summed E-state index contributed by atoms with van der Waals surface area (Å²) in [6, 6.07) is 10.4. The van der Waals surface area contributed by atoms with Crippen LogP contribution in [0, 0.1) is 5.82 Å². The molecule has 0 saturated heterocycles. The molecule has 1 aromatic carbocycles. The van der Waals surface area contributed by atoms with Crippen LogP contribution in [0.25, 0.3) is 22.6 Å². The predicted molar refractivity (Wildman–Crippen MR) is 128 cm³/mol. The molecule has 0 aliphatic carbocycles. The summed E-state index contributed by atoms with van der Waals surface area (Å²) in [7, 11) is 0. The van der Waals surface area contributed by atoms with Gasteiger partial charge >= 0.3 is 0 Å². The third-order valence-corrected chi connectivity index (χ3v) is 6.57. The van der Waals surface area contributed by atoms with Crippen molar-refractivity contribution in [3.8, 4) is 22.6 Å². The topological polar surface area (TPSA) is 72.7 Å². The molecule has 1 aliphatic heterocycles. The van der Waals surface area contributed by atoms with Gasteiger partial charge in [-0.1, -0.05) is 32.9 Å². The number of thiazole rings is 1. The lowest BCUT2D eigenvalue weighted by Crippen LogP contribution is -2.14. The molecule has 168 valence electrons. The molecule has 6 nitrogen and oxygen atoms in total. The van der Waals surface area contributed by atoms with Crippen molar-refractivity contribution in [3.05, 3.63) is 70.6 Å². The van der Waals surface area contributed by atoms with Crippen molar-refractivity contribution < 1.29 is 9.18 Å². The summed E-state index contributed by atoms with van der Waals surface area (Å²) in [6.45, 7) is 7.17. The fourth-order valence-corrected chi connectivity index (χ4v) is 4.76. The molecule has 4 aromatic rings. The van der Waals surface area contributed by atoms with Gasteiger partial charge in [0.05, 0.1) is 17.0 Å². The highest BCUT2D eigenvalue weighted by atomic mass is 32.1. The minimum atomic E-state index is -0.398. The second kappa shape index (κ2) is 8.19. The summed E-state index contributed by atoms with van der Waals surface area (Å²) in [4.78, 5) is 22.4. The summed E-state index contributed by atoms with van der Waals surface area (Å²) in [5.41, 5.74) is 4.58. The van der Waals surface area contributed by atoms with Crippen molar-refractivity contribution in [3.63, 3.8) is 0 Å². The van der Waals surface area contributed by atoms with Gasteiger partial charge in [-0.3, -0.25) is 19.8 Å². The first-order valence-electron chi connectivity index (χ1n) is 10.9. The van der Waals surface area contributed by atoms with Crippen LogP contribution in [0.3, 0.4) is 0 Å². The van der Waals surface area contributed by atoms with Gasteiger partial charge in [0.15, 0.2) is 5.13 Å². The first kappa shape index (κ1) is 21.5. The van der Waals surface area contributed by atoms with Crippen LogP contribution in [0.1, 0.15) is 48.8 Å². The van der Waals surface area contributed by atoms with E-state index in [0.29, 0.717) is 27.6 Å². The van der Waals surface area contributed by atoms with Crippen molar-refractivity contribution in [2.24, 2.45) is 0 Å². The van der Waals surface area contributed by atoms with E-state index < -0.39 is 5.82 Å². The Bertz CT molecular complexity index is 1350. The number of benzene rings is 1. The maximum absolute atomic E-state index is 14.5. The van der Waals surface area contributed by atoms with Crippen molar-refractivity contribution in [2.45, 2.75) is 45.6 Å². The first-order chi connectivity index (χ1) is 15.8. The second-order valence-corrected chi connectivity index (χ2v) is 10.0. The van der Waals surface area contributed by atoms with Crippen molar-refractivity contribution in [2.75, 3.05) is 5.32 Å². The van der Waals surface area contributed by atoms with Crippen molar-refractivity contribution >= 4 is 22.4 Å². The number of nitrogens with one attached hydrogen (secondary N) is 1. The molecule has 4 heterocycles. The number of halogens is 1. The summed E-state index contributed by atoms with van der Waals surface area (Å²) in [6.07, 6.45) is 3.43. The van der Waals surface area contributed by atoms with Crippen LogP contribution in [0.5, 0.6) is 0 Å². The van der Waals surface area contributed by atoms with E-state index in [1.54, 1.807) is 24.4 Å². The molecule has 1 N–H and O–H groups in total. The fraction of sp³-hybridized carbons (Fsp3) is 0.280. The van der Waals surface area contributed by atoms with Crippen LogP contribution in [0.2, 0.25) is 0 Å². The number of amides is 1. The Morgan fingerprint density at radius 2 is 2.00 bits per heavy atom. The van der Waals surface area contributed by atoms with E-state index in [9.17, 15) is 9.18 Å². The van der Waals surface area contributed by atoms with Crippen LogP contribution in [-0.4, -0.2) is 25.7 Å². The average Bonchev–Trinajstić information content (AvgIpc) is 3.49. The molecule has 5 rings (SSSR count). The zero-order valence-electron chi connectivity index (χ0n) is 18.7. The summed E-state index contributed by atoms with van der Waals surface area (Å²) < 4.78 is 16.3. The Morgan fingerprint density at radius 3 is 2.79 bits per heavy atom. The summed E-state index contributed by atoms with van der Waals surface area (Å²) >= 11 is 1.34. The highest BCUT2D eigenvalue weighted by Gasteiger charge is 2.29. The van der Waals surface area contributed by atoms with Crippen LogP contribution >= 0.6 is 11.3 Å². The quantitative estimate of drug-likeness (QED) is 0.423. The number of aromatic nitrogens is 4. The number of hydrogen-bond donors (Lipinski definition) is 1. The zero-order valence-corrected chi connectivity index (χ0v) is 19.5. The number of hydrogen-bond acceptors (Lipinski definition) is 5. The van der Waals surface area contributed by atoms with Gasteiger partial charge in [0.2, 0.25) is 0 Å². The van der Waals surface area contributed by atoms with E-state index >= 15 is 0 Å². The molecule has 1 amide bonds. The number of anilines is 1. The highest BCUT2D eigenvalue weighted by molar-refractivity contribution is 7.14. The first-order valence-corrected chi connectivity index (χ1v) is 11.8. The van der Waals surface area contributed by atoms with Gasteiger partial charge in [-0.25, -0.2) is 9.37 Å². The van der Waals surface area contributed by atoms with E-state index in [-0.39, 0.29) is 11.3 Å². The van der Waals surface area contributed by atoms with Crippen LogP contribution in [0.15, 0.2) is 48.0 Å². The van der Waals surface area contributed by atoms with E-state index in [1.165, 1.54) is 17.4 Å². The lowest BCUT2D eigenvalue weighted by atomic mass is 9.87. The third-order valence-electron chi connectivity index (χ3n) is 5.81. The number of aryl methyl sites for hydroxylation is 1. The minimum Gasteiger partial charge on any atom is -0.298 e. The van der Waals surface area contributed by atoms with Gasteiger partial charge in [0, 0.05) is 23.7 Å². The number of fused-ring (bicyclic) bond motifs is 1. The van der Waals surface area contributed by atoms with Crippen LogP contribution in [-0.2, 0) is 18.4 Å². The van der Waals surface area contributed by atoms with Gasteiger partial charge < -0.3 is 0 Å². The number of nitrogens with zero attached hydrogens (tertiary/aromatic N) is 4.